The number of aryl methyl sites for hydroxylation is 2. The van der Waals surface area contributed by atoms with Crippen LogP contribution in [0.3, 0.4) is 0 Å². The number of carbonyl (C=O) groups excluding carboxylic acids is 1. The second kappa shape index (κ2) is 9.77. The minimum atomic E-state index is -0.295. The molecule has 0 atom stereocenters. The Kier molecular flexibility index (Phi) is 7.12. The maximum atomic E-state index is 12.4. The van der Waals surface area contributed by atoms with Gasteiger partial charge in [-0.05, 0) is 37.1 Å². The summed E-state index contributed by atoms with van der Waals surface area (Å²) in [6, 6.07) is 3.50. The molecule has 0 spiro atoms. The van der Waals surface area contributed by atoms with Crippen molar-refractivity contribution in [2.24, 2.45) is 7.05 Å². The van der Waals surface area contributed by atoms with Gasteiger partial charge in [-0.15, -0.1) is 0 Å². The molecule has 0 bridgehead atoms. The molecule has 7 nitrogen and oxygen atoms in total. The van der Waals surface area contributed by atoms with E-state index >= 15 is 0 Å². The number of halogens is 1. The van der Waals surface area contributed by atoms with E-state index in [4.69, 9.17) is 21.1 Å². The van der Waals surface area contributed by atoms with Gasteiger partial charge in [-0.3, -0.25) is 10.1 Å². The van der Waals surface area contributed by atoms with Gasteiger partial charge in [0.15, 0.2) is 22.5 Å². The zero-order valence-electron chi connectivity index (χ0n) is 17.2. The standard InChI is InChI=1S/C21H23ClN4O3S/c1-5-10-29-18-15(22)11-14(12-16(18)28-4)6-7-17(27)25-21-24-13(2)19(30-21)20-23-8-9-26(20)3/h6-9,11-12H,5,10H2,1-4H3,(H,24,25,27)/b7-6+. The normalized spacial score (nSPS) is 11.1. The van der Waals surface area contributed by atoms with Crippen molar-refractivity contribution in [3.05, 3.63) is 46.9 Å². The van der Waals surface area contributed by atoms with Crippen LogP contribution >= 0.6 is 22.9 Å². The first kappa shape index (κ1) is 21.9. The minimum Gasteiger partial charge on any atom is -0.493 e. The maximum absolute atomic E-state index is 12.4. The highest BCUT2D eigenvalue weighted by Crippen LogP contribution is 2.37. The quantitative estimate of drug-likeness (QED) is 0.495. The highest BCUT2D eigenvalue weighted by molar-refractivity contribution is 7.19. The summed E-state index contributed by atoms with van der Waals surface area (Å²) in [5.41, 5.74) is 1.53. The van der Waals surface area contributed by atoms with Gasteiger partial charge in [-0.2, -0.15) is 0 Å². The Morgan fingerprint density at radius 2 is 2.20 bits per heavy atom. The van der Waals surface area contributed by atoms with E-state index in [1.807, 2.05) is 31.7 Å². The summed E-state index contributed by atoms with van der Waals surface area (Å²) in [7, 11) is 3.47. The number of methoxy groups -OCH3 is 1. The zero-order chi connectivity index (χ0) is 21.7. The van der Waals surface area contributed by atoms with Crippen molar-refractivity contribution in [1.82, 2.24) is 14.5 Å². The van der Waals surface area contributed by atoms with Gasteiger partial charge in [0.2, 0.25) is 5.91 Å². The lowest BCUT2D eigenvalue weighted by Gasteiger charge is -2.12. The molecule has 9 heteroatoms. The molecule has 0 saturated carbocycles. The largest absolute Gasteiger partial charge is 0.493 e. The third kappa shape index (κ3) is 5.01. The number of nitrogens with one attached hydrogen (secondary N) is 1. The molecular weight excluding hydrogens is 424 g/mol. The fourth-order valence-electron chi connectivity index (χ4n) is 2.74. The van der Waals surface area contributed by atoms with Crippen LogP contribution in [-0.2, 0) is 11.8 Å². The molecule has 0 radical (unpaired) electrons. The van der Waals surface area contributed by atoms with E-state index in [9.17, 15) is 4.79 Å². The molecule has 0 aliphatic rings. The first-order chi connectivity index (χ1) is 14.4. The molecule has 1 amide bonds. The molecule has 158 valence electrons. The van der Waals surface area contributed by atoms with Crippen LogP contribution in [-0.4, -0.2) is 34.2 Å². The van der Waals surface area contributed by atoms with Crippen LogP contribution in [0.15, 0.2) is 30.6 Å². The molecule has 2 heterocycles. The zero-order valence-corrected chi connectivity index (χ0v) is 18.8. The number of thiazole rings is 1. The van der Waals surface area contributed by atoms with E-state index in [1.54, 1.807) is 31.5 Å². The number of aromatic nitrogens is 3. The molecular formula is C21H23ClN4O3S. The molecule has 0 saturated heterocycles. The van der Waals surface area contributed by atoms with E-state index in [2.05, 4.69) is 15.3 Å². The van der Waals surface area contributed by atoms with E-state index in [1.165, 1.54) is 17.4 Å². The lowest BCUT2D eigenvalue weighted by molar-refractivity contribution is -0.111. The minimum absolute atomic E-state index is 0.295. The number of rotatable bonds is 8. The van der Waals surface area contributed by atoms with Crippen molar-refractivity contribution < 1.29 is 14.3 Å². The smallest absolute Gasteiger partial charge is 0.250 e. The van der Waals surface area contributed by atoms with E-state index < -0.39 is 0 Å². The lowest BCUT2D eigenvalue weighted by atomic mass is 10.2. The van der Waals surface area contributed by atoms with Gasteiger partial charge in [0, 0.05) is 25.5 Å². The Labute approximate surface area is 184 Å². The monoisotopic (exact) mass is 446 g/mol. The van der Waals surface area contributed by atoms with Crippen molar-refractivity contribution in [3.8, 4) is 22.2 Å². The summed E-state index contributed by atoms with van der Waals surface area (Å²) < 4.78 is 12.9. The van der Waals surface area contributed by atoms with Gasteiger partial charge in [0.05, 0.1) is 29.3 Å². The van der Waals surface area contributed by atoms with Gasteiger partial charge in [-0.1, -0.05) is 29.9 Å². The van der Waals surface area contributed by atoms with Gasteiger partial charge >= 0.3 is 0 Å². The van der Waals surface area contributed by atoms with E-state index in [0.717, 1.165) is 28.4 Å². The van der Waals surface area contributed by atoms with E-state index in [-0.39, 0.29) is 5.91 Å². The highest BCUT2D eigenvalue weighted by atomic mass is 35.5. The number of carbonyl (C=O) groups is 1. The molecule has 0 aliphatic heterocycles. The predicted molar refractivity (Wildman–Crippen MR) is 121 cm³/mol. The second-order valence-electron chi connectivity index (χ2n) is 6.50. The van der Waals surface area contributed by atoms with Gasteiger partial charge in [0.25, 0.3) is 0 Å². The van der Waals surface area contributed by atoms with Crippen molar-refractivity contribution in [3.63, 3.8) is 0 Å². The summed E-state index contributed by atoms with van der Waals surface area (Å²) >= 11 is 7.70. The predicted octanol–water partition coefficient (Wildman–Crippen LogP) is 4.95. The average molecular weight is 447 g/mol. The Morgan fingerprint density at radius 3 is 2.87 bits per heavy atom. The third-order valence-electron chi connectivity index (χ3n) is 4.18. The lowest BCUT2D eigenvalue weighted by Crippen LogP contribution is -2.07. The number of imidazole rings is 1. The number of anilines is 1. The molecule has 0 aliphatic carbocycles. The van der Waals surface area contributed by atoms with Crippen molar-refractivity contribution in [2.75, 3.05) is 19.0 Å². The Hall–Kier alpha value is -2.84. The first-order valence-electron chi connectivity index (χ1n) is 9.37. The van der Waals surface area contributed by atoms with Gasteiger partial charge < -0.3 is 14.0 Å². The SMILES string of the molecule is CCCOc1c(Cl)cc(/C=C/C(=O)Nc2nc(C)c(-c3nccn3C)s2)cc1OC. The number of nitrogens with zero attached hydrogens (tertiary/aromatic N) is 3. The second-order valence-corrected chi connectivity index (χ2v) is 7.91. The Morgan fingerprint density at radius 1 is 1.40 bits per heavy atom. The average Bonchev–Trinajstić information content (AvgIpc) is 3.29. The van der Waals surface area contributed by atoms with Crippen molar-refractivity contribution in [2.45, 2.75) is 20.3 Å². The van der Waals surface area contributed by atoms with Crippen LogP contribution < -0.4 is 14.8 Å². The summed E-state index contributed by atoms with van der Waals surface area (Å²) in [5, 5.41) is 3.73. The fraction of sp³-hybridized carbons (Fsp3) is 0.286. The molecule has 2 aromatic heterocycles. The van der Waals surface area contributed by atoms with Crippen LogP contribution in [0.2, 0.25) is 5.02 Å². The Balaban J connectivity index is 1.72. The summed E-state index contributed by atoms with van der Waals surface area (Å²) in [4.78, 5) is 22.0. The number of amides is 1. The summed E-state index contributed by atoms with van der Waals surface area (Å²) in [5.74, 6) is 1.54. The highest BCUT2D eigenvalue weighted by Gasteiger charge is 2.15. The van der Waals surface area contributed by atoms with Crippen LogP contribution in [0.5, 0.6) is 11.5 Å². The summed E-state index contributed by atoms with van der Waals surface area (Å²) in [6.07, 6.45) is 7.54. The van der Waals surface area contributed by atoms with Crippen LogP contribution in [0.4, 0.5) is 5.13 Å². The maximum Gasteiger partial charge on any atom is 0.250 e. The first-order valence-corrected chi connectivity index (χ1v) is 10.6. The van der Waals surface area contributed by atoms with Crippen molar-refractivity contribution >= 4 is 40.1 Å². The summed E-state index contributed by atoms with van der Waals surface area (Å²) in [6.45, 7) is 4.45. The fourth-order valence-corrected chi connectivity index (χ4v) is 4.02. The number of hydrogen-bond acceptors (Lipinski definition) is 6. The molecule has 0 fully saturated rings. The Bertz CT molecular complexity index is 1070. The van der Waals surface area contributed by atoms with E-state index in [0.29, 0.717) is 28.3 Å². The molecule has 0 unspecified atom stereocenters. The van der Waals surface area contributed by atoms with Crippen molar-refractivity contribution in [1.29, 1.82) is 0 Å². The third-order valence-corrected chi connectivity index (χ3v) is 5.53. The van der Waals surface area contributed by atoms with Gasteiger partial charge in [0.1, 0.15) is 0 Å². The van der Waals surface area contributed by atoms with Crippen LogP contribution in [0, 0.1) is 6.92 Å². The number of hydrogen-bond donors (Lipinski definition) is 1. The molecule has 3 rings (SSSR count). The van der Waals surface area contributed by atoms with Crippen LogP contribution in [0.1, 0.15) is 24.6 Å². The topological polar surface area (TPSA) is 78.3 Å². The van der Waals surface area contributed by atoms with Crippen LogP contribution in [0.25, 0.3) is 16.8 Å². The van der Waals surface area contributed by atoms with Gasteiger partial charge in [-0.25, -0.2) is 9.97 Å². The molecule has 30 heavy (non-hydrogen) atoms. The number of benzene rings is 1. The molecule has 1 N–H and O–H groups in total. The number of ether oxygens (including phenoxy) is 2. The molecule has 3 aromatic rings. The molecule has 1 aromatic carbocycles.